The summed E-state index contributed by atoms with van der Waals surface area (Å²) in [6.45, 7) is 0. The minimum atomic E-state index is 0.809. The van der Waals surface area contributed by atoms with Crippen molar-refractivity contribution < 1.29 is 4.42 Å². The van der Waals surface area contributed by atoms with Crippen LogP contribution in [0.3, 0.4) is 0 Å². The Balaban J connectivity index is 1.65. The molecule has 1 aromatic heterocycles. The second kappa shape index (κ2) is 5.06. The van der Waals surface area contributed by atoms with Gasteiger partial charge in [-0.3, -0.25) is 0 Å². The molecule has 0 aliphatic carbocycles. The minimum absolute atomic E-state index is 0.809. The summed E-state index contributed by atoms with van der Waals surface area (Å²) in [5.74, 6) is 0.809. The normalized spacial score (nSPS) is 11.2. The van der Waals surface area contributed by atoms with Crippen LogP contribution in [0.5, 0.6) is 0 Å². The number of rotatable bonds is 3. The molecule has 0 unspecified atom stereocenters. The van der Waals surface area contributed by atoms with Gasteiger partial charge in [-0.05, 0) is 34.9 Å². The summed E-state index contributed by atoms with van der Waals surface area (Å²) >= 11 is 0. The van der Waals surface area contributed by atoms with Crippen LogP contribution >= 0.6 is 0 Å². The number of benzene rings is 3. The second-order valence-electron chi connectivity index (χ2n) is 5.26. The molecule has 0 radical (unpaired) electrons. The highest BCUT2D eigenvalue weighted by Crippen LogP contribution is 2.23. The lowest BCUT2D eigenvalue weighted by Gasteiger charge is -1.97. The zero-order chi connectivity index (χ0) is 14.1. The first kappa shape index (κ1) is 12.2. The van der Waals surface area contributed by atoms with E-state index < -0.39 is 0 Å². The molecule has 0 spiro atoms. The van der Waals surface area contributed by atoms with Crippen LogP contribution in [0.15, 0.2) is 71.1 Å². The first-order valence-electron chi connectivity index (χ1n) is 7.21. The number of aromatic nitrogens is 1. The number of hydrogen-bond acceptors (Lipinski definition) is 2. The Morgan fingerprint density at radius 2 is 1.48 bits per heavy atom. The Hall–Kier alpha value is -2.61. The summed E-state index contributed by atoms with van der Waals surface area (Å²) < 4.78 is 5.89. The molecular weight excluding hydrogens is 258 g/mol. The minimum Gasteiger partial charge on any atom is -0.441 e. The van der Waals surface area contributed by atoms with E-state index in [-0.39, 0.29) is 0 Å². The molecule has 0 bridgehead atoms. The number of oxazole rings is 1. The Labute approximate surface area is 123 Å². The maximum absolute atomic E-state index is 5.89. The average Bonchev–Trinajstić information content (AvgIpc) is 2.93. The zero-order valence-electron chi connectivity index (χ0n) is 11.6. The van der Waals surface area contributed by atoms with Gasteiger partial charge in [-0.1, -0.05) is 54.6 Å². The first-order chi connectivity index (χ1) is 10.4. The van der Waals surface area contributed by atoms with Gasteiger partial charge in [-0.2, -0.15) is 0 Å². The quantitative estimate of drug-likeness (QED) is 0.537. The van der Waals surface area contributed by atoms with E-state index in [0.717, 1.165) is 29.8 Å². The third-order valence-corrected chi connectivity index (χ3v) is 3.77. The summed E-state index contributed by atoms with van der Waals surface area (Å²) in [5.41, 5.74) is 3.12. The van der Waals surface area contributed by atoms with Crippen LogP contribution in [0.2, 0.25) is 0 Å². The van der Waals surface area contributed by atoms with E-state index in [4.69, 9.17) is 4.42 Å². The van der Waals surface area contributed by atoms with Gasteiger partial charge >= 0.3 is 0 Å². The Morgan fingerprint density at radius 1 is 0.762 bits per heavy atom. The number of hydrogen-bond donors (Lipinski definition) is 0. The maximum Gasteiger partial charge on any atom is 0.195 e. The molecule has 0 saturated carbocycles. The predicted octanol–water partition coefficient (Wildman–Crippen LogP) is 4.77. The highest BCUT2D eigenvalue weighted by atomic mass is 16.3. The van der Waals surface area contributed by atoms with Crippen LogP contribution < -0.4 is 0 Å². The Morgan fingerprint density at radius 3 is 2.29 bits per heavy atom. The van der Waals surface area contributed by atoms with Crippen molar-refractivity contribution in [3.63, 3.8) is 0 Å². The molecule has 0 saturated heterocycles. The van der Waals surface area contributed by atoms with Gasteiger partial charge in [0.05, 0.1) is 0 Å². The van der Waals surface area contributed by atoms with Gasteiger partial charge < -0.3 is 4.42 Å². The molecular formula is C19H15NO. The third kappa shape index (κ3) is 2.40. The van der Waals surface area contributed by atoms with Crippen molar-refractivity contribution in [3.8, 4) is 0 Å². The van der Waals surface area contributed by atoms with Crippen molar-refractivity contribution in [1.82, 2.24) is 4.98 Å². The fourth-order valence-corrected chi connectivity index (χ4v) is 2.66. The van der Waals surface area contributed by atoms with E-state index in [1.54, 1.807) is 0 Å². The Kier molecular flexibility index (Phi) is 2.93. The number of aryl methyl sites for hydroxylation is 2. The van der Waals surface area contributed by atoms with Gasteiger partial charge in [0.2, 0.25) is 0 Å². The van der Waals surface area contributed by atoms with Gasteiger partial charge in [0, 0.05) is 6.42 Å². The van der Waals surface area contributed by atoms with Crippen molar-refractivity contribution in [2.75, 3.05) is 0 Å². The van der Waals surface area contributed by atoms with E-state index >= 15 is 0 Å². The van der Waals surface area contributed by atoms with Crippen molar-refractivity contribution >= 4 is 21.9 Å². The molecule has 4 rings (SSSR count). The van der Waals surface area contributed by atoms with Crippen molar-refractivity contribution in [1.29, 1.82) is 0 Å². The van der Waals surface area contributed by atoms with Crippen LogP contribution in [-0.2, 0) is 12.8 Å². The topological polar surface area (TPSA) is 26.0 Å². The molecule has 0 N–H and O–H groups in total. The second-order valence-corrected chi connectivity index (χ2v) is 5.26. The van der Waals surface area contributed by atoms with Gasteiger partial charge in [0.1, 0.15) is 5.52 Å². The van der Waals surface area contributed by atoms with Crippen LogP contribution in [0.1, 0.15) is 11.5 Å². The number of fused-ring (bicyclic) bond motifs is 2. The lowest BCUT2D eigenvalue weighted by atomic mass is 10.1. The predicted molar refractivity (Wildman–Crippen MR) is 85.4 cm³/mol. The molecule has 0 atom stereocenters. The fraction of sp³-hybridized carbons (Fsp3) is 0.105. The molecule has 1 heterocycles. The third-order valence-electron chi connectivity index (χ3n) is 3.77. The van der Waals surface area contributed by atoms with E-state index in [1.165, 1.54) is 16.3 Å². The summed E-state index contributed by atoms with van der Waals surface area (Å²) in [7, 11) is 0. The monoisotopic (exact) mass is 273 g/mol. The SMILES string of the molecule is c1ccc(CCc2nc3cc4ccccc4cc3o2)cc1. The summed E-state index contributed by atoms with van der Waals surface area (Å²) in [4.78, 5) is 4.61. The van der Waals surface area contributed by atoms with E-state index in [1.807, 2.05) is 18.2 Å². The van der Waals surface area contributed by atoms with Crippen LogP contribution in [0.25, 0.3) is 21.9 Å². The lowest BCUT2D eigenvalue weighted by Crippen LogP contribution is -1.90. The molecule has 2 heteroatoms. The standard InChI is InChI=1S/C19H15NO/c1-2-6-14(7-3-1)10-11-19-20-17-12-15-8-4-5-9-16(15)13-18(17)21-19/h1-9,12-13H,10-11H2. The van der Waals surface area contributed by atoms with Gasteiger partial charge in [0.15, 0.2) is 11.5 Å². The van der Waals surface area contributed by atoms with Crippen molar-refractivity contribution in [2.45, 2.75) is 12.8 Å². The fourth-order valence-electron chi connectivity index (χ4n) is 2.66. The van der Waals surface area contributed by atoms with Gasteiger partial charge in [0.25, 0.3) is 0 Å². The van der Waals surface area contributed by atoms with Gasteiger partial charge in [-0.15, -0.1) is 0 Å². The van der Waals surface area contributed by atoms with Crippen LogP contribution in [0.4, 0.5) is 0 Å². The van der Waals surface area contributed by atoms with Crippen molar-refractivity contribution in [3.05, 3.63) is 78.2 Å². The number of nitrogens with zero attached hydrogens (tertiary/aromatic N) is 1. The molecule has 0 aliphatic rings. The Bertz CT molecular complexity index is 841. The molecule has 0 amide bonds. The zero-order valence-corrected chi connectivity index (χ0v) is 11.6. The lowest BCUT2D eigenvalue weighted by molar-refractivity contribution is 0.528. The highest BCUT2D eigenvalue weighted by molar-refractivity contribution is 5.94. The molecule has 0 aliphatic heterocycles. The average molecular weight is 273 g/mol. The van der Waals surface area contributed by atoms with E-state index in [9.17, 15) is 0 Å². The molecule has 3 aromatic carbocycles. The highest BCUT2D eigenvalue weighted by Gasteiger charge is 2.07. The van der Waals surface area contributed by atoms with Crippen LogP contribution in [-0.4, -0.2) is 4.98 Å². The molecule has 2 nitrogen and oxygen atoms in total. The largest absolute Gasteiger partial charge is 0.441 e. The molecule has 0 fully saturated rings. The summed E-state index contributed by atoms with van der Waals surface area (Å²) in [6.07, 6.45) is 1.78. The molecule has 21 heavy (non-hydrogen) atoms. The van der Waals surface area contributed by atoms with E-state index in [0.29, 0.717) is 0 Å². The first-order valence-corrected chi connectivity index (χ1v) is 7.21. The van der Waals surface area contributed by atoms with Gasteiger partial charge in [-0.25, -0.2) is 4.98 Å². The molecule has 102 valence electrons. The van der Waals surface area contributed by atoms with Crippen molar-refractivity contribution in [2.24, 2.45) is 0 Å². The summed E-state index contributed by atoms with van der Waals surface area (Å²) in [6, 6.07) is 22.9. The van der Waals surface area contributed by atoms with Crippen LogP contribution in [0, 0.1) is 0 Å². The van der Waals surface area contributed by atoms with E-state index in [2.05, 4.69) is 53.5 Å². The summed E-state index contributed by atoms with van der Waals surface area (Å²) in [5, 5.41) is 2.39. The maximum atomic E-state index is 5.89. The molecule has 4 aromatic rings. The smallest absolute Gasteiger partial charge is 0.195 e.